The van der Waals surface area contributed by atoms with Crippen LogP contribution in [0, 0.1) is 5.92 Å². The van der Waals surface area contributed by atoms with Gasteiger partial charge in [-0.15, -0.1) is 0 Å². The molecule has 7 heteroatoms. The van der Waals surface area contributed by atoms with E-state index in [4.69, 9.17) is 21.1 Å². The van der Waals surface area contributed by atoms with Crippen LogP contribution in [0.25, 0.3) is 0 Å². The van der Waals surface area contributed by atoms with Crippen molar-refractivity contribution in [2.45, 2.75) is 20.3 Å². The quantitative estimate of drug-likeness (QED) is 0.801. The lowest BCUT2D eigenvalue weighted by Crippen LogP contribution is -2.39. The van der Waals surface area contributed by atoms with Crippen molar-refractivity contribution in [3.63, 3.8) is 0 Å². The summed E-state index contributed by atoms with van der Waals surface area (Å²) in [6.45, 7) is 6.54. The number of halogens is 1. The highest BCUT2D eigenvalue weighted by Gasteiger charge is 2.23. The molecule has 0 radical (unpaired) electrons. The monoisotopic (exact) mass is 368 g/mol. The molecule has 0 atom stereocenters. The van der Waals surface area contributed by atoms with Gasteiger partial charge in [-0.05, 0) is 36.6 Å². The molecule has 1 aromatic rings. The van der Waals surface area contributed by atoms with Gasteiger partial charge in [0.15, 0.2) is 6.61 Å². The molecule has 138 valence electrons. The number of carbonyl (C=O) groups is 2. The van der Waals surface area contributed by atoms with E-state index in [0.29, 0.717) is 49.5 Å². The fraction of sp³-hybridized carbons (Fsp3) is 0.556. The van der Waals surface area contributed by atoms with Crippen molar-refractivity contribution in [3.05, 3.63) is 29.3 Å². The van der Waals surface area contributed by atoms with Crippen molar-refractivity contribution >= 4 is 23.6 Å². The molecule has 0 aliphatic carbocycles. The maximum Gasteiger partial charge on any atom is 0.409 e. The summed E-state index contributed by atoms with van der Waals surface area (Å²) in [5.41, 5.74) is 0. The van der Waals surface area contributed by atoms with E-state index in [1.54, 1.807) is 34.1 Å². The summed E-state index contributed by atoms with van der Waals surface area (Å²) >= 11 is 5.82. The van der Waals surface area contributed by atoms with E-state index in [1.807, 2.05) is 13.8 Å². The predicted octanol–water partition coefficient (Wildman–Crippen LogP) is 3.05. The average Bonchev–Trinajstić information content (AvgIpc) is 2.85. The van der Waals surface area contributed by atoms with Gasteiger partial charge in [-0.1, -0.05) is 25.4 Å². The highest BCUT2D eigenvalue weighted by atomic mass is 35.5. The second-order valence-electron chi connectivity index (χ2n) is 6.43. The second-order valence-corrected chi connectivity index (χ2v) is 6.87. The van der Waals surface area contributed by atoms with Crippen LogP contribution in [0.1, 0.15) is 20.3 Å². The molecule has 2 amide bonds. The highest BCUT2D eigenvalue weighted by molar-refractivity contribution is 6.30. The first-order chi connectivity index (χ1) is 12.0. The summed E-state index contributed by atoms with van der Waals surface area (Å²) in [6, 6.07) is 6.89. The molecule has 0 unspecified atom stereocenters. The van der Waals surface area contributed by atoms with E-state index < -0.39 is 0 Å². The van der Waals surface area contributed by atoms with E-state index in [1.165, 1.54) is 0 Å². The topological polar surface area (TPSA) is 59.1 Å². The van der Waals surface area contributed by atoms with Crippen molar-refractivity contribution in [3.8, 4) is 5.75 Å². The minimum absolute atomic E-state index is 0.0283. The molecule has 0 bridgehead atoms. The van der Waals surface area contributed by atoms with Crippen LogP contribution < -0.4 is 4.74 Å². The Morgan fingerprint density at radius 1 is 1.08 bits per heavy atom. The first kappa shape index (κ1) is 19.4. The number of hydrogen-bond donors (Lipinski definition) is 0. The molecule has 1 aliphatic rings. The molecule has 6 nitrogen and oxygen atoms in total. The van der Waals surface area contributed by atoms with Gasteiger partial charge in [0.1, 0.15) is 5.75 Å². The molecule has 1 saturated heterocycles. The van der Waals surface area contributed by atoms with E-state index in [9.17, 15) is 9.59 Å². The van der Waals surface area contributed by atoms with Crippen LogP contribution in [0.3, 0.4) is 0 Å². The average molecular weight is 369 g/mol. The predicted molar refractivity (Wildman–Crippen MR) is 95.9 cm³/mol. The molecule has 0 saturated carbocycles. The molecular weight excluding hydrogens is 344 g/mol. The Kier molecular flexibility index (Phi) is 7.37. The smallest absolute Gasteiger partial charge is 0.409 e. The zero-order valence-electron chi connectivity index (χ0n) is 14.7. The third-order valence-electron chi connectivity index (χ3n) is 3.82. The van der Waals surface area contributed by atoms with Gasteiger partial charge in [0.2, 0.25) is 0 Å². The molecule has 1 aliphatic heterocycles. The Bertz CT molecular complexity index is 577. The van der Waals surface area contributed by atoms with Crippen molar-refractivity contribution in [1.82, 2.24) is 9.80 Å². The Balaban J connectivity index is 1.78. The molecule has 2 rings (SSSR count). The Morgan fingerprint density at radius 3 is 2.40 bits per heavy atom. The summed E-state index contributed by atoms with van der Waals surface area (Å²) in [4.78, 5) is 27.7. The summed E-state index contributed by atoms with van der Waals surface area (Å²) < 4.78 is 10.8. The number of ether oxygens (including phenoxy) is 2. The lowest BCUT2D eigenvalue weighted by atomic mass is 10.2. The Labute approximate surface area is 153 Å². The molecule has 25 heavy (non-hydrogen) atoms. The number of carbonyl (C=O) groups excluding carboxylic acids is 2. The maximum atomic E-state index is 12.3. The van der Waals surface area contributed by atoms with Crippen LogP contribution >= 0.6 is 11.6 Å². The van der Waals surface area contributed by atoms with Crippen molar-refractivity contribution < 1.29 is 19.1 Å². The Morgan fingerprint density at radius 2 is 1.72 bits per heavy atom. The molecule has 1 aromatic carbocycles. The number of nitrogens with zero attached hydrogens (tertiary/aromatic N) is 2. The lowest BCUT2D eigenvalue weighted by Gasteiger charge is -2.22. The molecule has 0 N–H and O–H groups in total. The fourth-order valence-corrected chi connectivity index (χ4v) is 2.57. The van der Waals surface area contributed by atoms with Crippen LogP contribution in [0.4, 0.5) is 4.79 Å². The minimum atomic E-state index is -0.305. The number of rotatable bonds is 5. The Hall–Kier alpha value is -1.95. The zero-order chi connectivity index (χ0) is 18.2. The molecule has 0 aromatic heterocycles. The zero-order valence-corrected chi connectivity index (χ0v) is 15.5. The van der Waals surface area contributed by atoms with Gasteiger partial charge in [0.05, 0.1) is 6.61 Å². The van der Waals surface area contributed by atoms with Crippen LogP contribution in [-0.4, -0.2) is 61.2 Å². The SMILES string of the molecule is CC(C)COC(=O)N1CCCN(C(=O)COc2ccc(Cl)cc2)CC1. The van der Waals surface area contributed by atoms with Gasteiger partial charge in [-0.3, -0.25) is 4.79 Å². The van der Waals surface area contributed by atoms with E-state index in [0.717, 1.165) is 6.42 Å². The molecule has 1 fully saturated rings. The van der Waals surface area contributed by atoms with Gasteiger partial charge < -0.3 is 19.3 Å². The summed E-state index contributed by atoms with van der Waals surface area (Å²) in [5.74, 6) is 0.817. The van der Waals surface area contributed by atoms with Crippen LogP contribution in [0.5, 0.6) is 5.75 Å². The van der Waals surface area contributed by atoms with Crippen LogP contribution in [-0.2, 0) is 9.53 Å². The third kappa shape index (κ3) is 6.46. The van der Waals surface area contributed by atoms with Crippen molar-refractivity contribution in [2.75, 3.05) is 39.4 Å². The highest BCUT2D eigenvalue weighted by Crippen LogP contribution is 2.15. The van der Waals surface area contributed by atoms with Gasteiger partial charge in [-0.25, -0.2) is 4.79 Å². The van der Waals surface area contributed by atoms with E-state index in [2.05, 4.69) is 0 Å². The number of benzene rings is 1. The minimum Gasteiger partial charge on any atom is -0.484 e. The maximum absolute atomic E-state index is 12.3. The summed E-state index contributed by atoms with van der Waals surface area (Å²) in [7, 11) is 0. The van der Waals surface area contributed by atoms with E-state index >= 15 is 0 Å². The van der Waals surface area contributed by atoms with Crippen molar-refractivity contribution in [1.29, 1.82) is 0 Å². The van der Waals surface area contributed by atoms with Crippen LogP contribution in [0.2, 0.25) is 5.02 Å². The summed E-state index contributed by atoms with van der Waals surface area (Å²) in [5, 5.41) is 0.621. The second kappa shape index (κ2) is 9.51. The van der Waals surface area contributed by atoms with Gasteiger partial charge in [0, 0.05) is 31.2 Å². The standard InChI is InChI=1S/C18H25ClN2O4/c1-14(2)12-25-18(23)21-9-3-8-20(10-11-21)17(22)13-24-16-6-4-15(19)5-7-16/h4-7,14H,3,8-13H2,1-2H3. The molecular formula is C18H25ClN2O4. The van der Waals surface area contributed by atoms with Gasteiger partial charge in [0.25, 0.3) is 5.91 Å². The first-order valence-electron chi connectivity index (χ1n) is 8.53. The largest absolute Gasteiger partial charge is 0.484 e. The van der Waals surface area contributed by atoms with Gasteiger partial charge in [-0.2, -0.15) is 0 Å². The summed E-state index contributed by atoms with van der Waals surface area (Å²) in [6.07, 6.45) is 0.420. The first-order valence-corrected chi connectivity index (χ1v) is 8.91. The van der Waals surface area contributed by atoms with Crippen molar-refractivity contribution in [2.24, 2.45) is 5.92 Å². The third-order valence-corrected chi connectivity index (χ3v) is 4.07. The normalized spacial score (nSPS) is 15.0. The van der Waals surface area contributed by atoms with E-state index in [-0.39, 0.29) is 18.6 Å². The molecule has 0 spiro atoms. The number of hydrogen-bond acceptors (Lipinski definition) is 4. The van der Waals surface area contributed by atoms with Gasteiger partial charge >= 0.3 is 6.09 Å². The van der Waals surface area contributed by atoms with Crippen LogP contribution in [0.15, 0.2) is 24.3 Å². The molecule has 1 heterocycles. The lowest BCUT2D eigenvalue weighted by molar-refractivity contribution is -0.133. The fourth-order valence-electron chi connectivity index (χ4n) is 2.45. The number of amides is 2.